The summed E-state index contributed by atoms with van der Waals surface area (Å²) in [4.78, 5) is 16.5. The van der Waals surface area contributed by atoms with E-state index in [0.717, 1.165) is 5.56 Å². The summed E-state index contributed by atoms with van der Waals surface area (Å²) in [7, 11) is 0. The van der Waals surface area contributed by atoms with Crippen LogP contribution in [-0.2, 0) is 0 Å². The standard InChI is InChI=1S/C15H13BrN4O/c16-8-13(11-4-2-1-3-5-11)19-15(21)12-9-18-20-7-6-17-10-14(12)20/h1-7,9-10,13H,8H2,(H,19,21). The molecule has 2 heterocycles. The molecule has 0 radical (unpaired) electrons. The molecule has 3 rings (SSSR count). The maximum Gasteiger partial charge on any atom is 0.255 e. The molecule has 3 aromatic rings. The van der Waals surface area contributed by atoms with Gasteiger partial charge < -0.3 is 5.32 Å². The summed E-state index contributed by atoms with van der Waals surface area (Å²) < 4.78 is 1.63. The molecule has 0 aliphatic carbocycles. The number of hydrogen-bond donors (Lipinski definition) is 1. The van der Waals surface area contributed by atoms with E-state index in [1.807, 2.05) is 30.3 Å². The maximum absolute atomic E-state index is 12.4. The van der Waals surface area contributed by atoms with Gasteiger partial charge in [-0.25, -0.2) is 4.52 Å². The molecular weight excluding hydrogens is 332 g/mol. The van der Waals surface area contributed by atoms with Crippen molar-refractivity contribution < 1.29 is 4.79 Å². The Balaban J connectivity index is 1.85. The van der Waals surface area contributed by atoms with Gasteiger partial charge in [0.25, 0.3) is 5.91 Å². The Morgan fingerprint density at radius 3 is 2.86 bits per heavy atom. The Hall–Kier alpha value is -2.21. The number of carbonyl (C=O) groups is 1. The summed E-state index contributed by atoms with van der Waals surface area (Å²) in [5.41, 5.74) is 2.26. The molecule has 0 saturated carbocycles. The third-order valence-corrected chi connectivity index (χ3v) is 3.88. The topological polar surface area (TPSA) is 59.3 Å². The van der Waals surface area contributed by atoms with E-state index in [1.165, 1.54) is 0 Å². The first-order valence-corrected chi connectivity index (χ1v) is 7.61. The Morgan fingerprint density at radius 2 is 2.10 bits per heavy atom. The number of hydrogen-bond acceptors (Lipinski definition) is 3. The van der Waals surface area contributed by atoms with Crippen molar-refractivity contribution >= 4 is 27.4 Å². The fourth-order valence-corrected chi connectivity index (χ4v) is 2.68. The van der Waals surface area contributed by atoms with E-state index in [-0.39, 0.29) is 11.9 Å². The van der Waals surface area contributed by atoms with Gasteiger partial charge >= 0.3 is 0 Å². The number of halogens is 1. The Morgan fingerprint density at radius 1 is 1.29 bits per heavy atom. The highest BCUT2D eigenvalue weighted by Gasteiger charge is 2.17. The van der Waals surface area contributed by atoms with Gasteiger partial charge in [-0.3, -0.25) is 9.78 Å². The highest BCUT2D eigenvalue weighted by atomic mass is 79.9. The molecule has 1 amide bonds. The largest absolute Gasteiger partial charge is 0.344 e. The zero-order valence-electron chi connectivity index (χ0n) is 11.1. The van der Waals surface area contributed by atoms with Gasteiger partial charge in [0.1, 0.15) is 0 Å². The number of nitrogens with one attached hydrogen (secondary N) is 1. The van der Waals surface area contributed by atoms with Gasteiger partial charge in [-0.05, 0) is 5.56 Å². The van der Waals surface area contributed by atoms with Crippen LogP contribution in [0, 0.1) is 0 Å². The second kappa shape index (κ2) is 6.05. The summed E-state index contributed by atoms with van der Waals surface area (Å²) in [6.07, 6.45) is 6.54. The van der Waals surface area contributed by atoms with E-state index in [0.29, 0.717) is 16.4 Å². The number of carbonyl (C=O) groups excluding carboxylic acids is 1. The molecule has 0 bridgehead atoms. The van der Waals surface area contributed by atoms with Crippen molar-refractivity contribution in [3.8, 4) is 0 Å². The third-order valence-electron chi connectivity index (χ3n) is 3.23. The van der Waals surface area contributed by atoms with Gasteiger partial charge in [-0.2, -0.15) is 5.10 Å². The molecular formula is C15H13BrN4O. The Bertz CT molecular complexity index is 756. The lowest BCUT2D eigenvalue weighted by Gasteiger charge is -2.16. The molecule has 0 spiro atoms. The summed E-state index contributed by atoms with van der Waals surface area (Å²) in [6.45, 7) is 0. The van der Waals surface area contributed by atoms with Crippen LogP contribution in [0.25, 0.3) is 5.52 Å². The zero-order valence-corrected chi connectivity index (χ0v) is 12.7. The summed E-state index contributed by atoms with van der Waals surface area (Å²) in [5.74, 6) is -0.161. The van der Waals surface area contributed by atoms with Crippen molar-refractivity contribution in [2.45, 2.75) is 6.04 Å². The maximum atomic E-state index is 12.4. The average molecular weight is 345 g/mol. The molecule has 1 unspecified atom stereocenters. The van der Waals surface area contributed by atoms with Gasteiger partial charge in [-0.1, -0.05) is 46.3 Å². The van der Waals surface area contributed by atoms with Crippen molar-refractivity contribution in [3.05, 3.63) is 66.2 Å². The van der Waals surface area contributed by atoms with Crippen molar-refractivity contribution in [2.75, 3.05) is 5.33 Å². The van der Waals surface area contributed by atoms with Gasteiger partial charge in [0.15, 0.2) is 0 Å². The fourth-order valence-electron chi connectivity index (χ4n) is 2.14. The molecule has 1 aromatic carbocycles. The van der Waals surface area contributed by atoms with Crippen molar-refractivity contribution in [1.82, 2.24) is 19.9 Å². The van der Waals surface area contributed by atoms with Crippen molar-refractivity contribution in [2.24, 2.45) is 0 Å². The number of alkyl halides is 1. The van der Waals surface area contributed by atoms with Crippen LogP contribution >= 0.6 is 15.9 Å². The second-order valence-corrected chi connectivity index (χ2v) is 5.20. The number of benzene rings is 1. The minimum atomic E-state index is -0.161. The molecule has 2 aromatic heterocycles. The van der Waals surface area contributed by atoms with Crippen LogP contribution in [0.15, 0.2) is 55.1 Å². The van der Waals surface area contributed by atoms with Crippen LogP contribution in [-0.4, -0.2) is 25.8 Å². The monoisotopic (exact) mass is 344 g/mol. The van der Waals surface area contributed by atoms with Gasteiger partial charge in [-0.15, -0.1) is 0 Å². The predicted octanol–water partition coefficient (Wildman–Crippen LogP) is 2.60. The van der Waals surface area contributed by atoms with Crippen LogP contribution in [0.3, 0.4) is 0 Å². The average Bonchev–Trinajstić information content (AvgIpc) is 2.97. The summed E-state index contributed by atoms with van der Waals surface area (Å²) in [6, 6.07) is 9.75. The molecule has 21 heavy (non-hydrogen) atoms. The molecule has 106 valence electrons. The molecule has 0 aliphatic heterocycles. The molecule has 1 atom stereocenters. The summed E-state index contributed by atoms with van der Waals surface area (Å²) >= 11 is 3.45. The van der Waals surface area contributed by atoms with E-state index in [9.17, 15) is 4.79 Å². The lowest BCUT2D eigenvalue weighted by atomic mass is 10.1. The molecule has 5 nitrogen and oxygen atoms in total. The smallest absolute Gasteiger partial charge is 0.255 e. The van der Waals surface area contributed by atoms with E-state index >= 15 is 0 Å². The normalized spacial score (nSPS) is 12.2. The lowest BCUT2D eigenvalue weighted by Crippen LogP contribution is -2.29. The predicted molar refractivity (Wildman–Crippen MR) is 83.4 cm³/mol. The van der Waals surface area contributed by atoms with Crippen molar-refractivity contribution in [3.63, 3.8) is 0 Å². The van der Waals surface area contributed by atoms with Crippen LogP contribution < -0.4 is 5.32 Å². The fraction of sp³-hybridized carbons (Fsp3) is 0.133. The minimum absolute atomic E-state index is 0.0923. The highest BCUT2D eigenvalue weighted by molar-refractivity contribution is 9.09. The van der Waals surface area contributed by atoms with Crippen LogP contribution in [0.4, 0.5) is 0 Å². The summed E-state index contributed by atoms with van der Waals surface area (Å²) in [5, 5.41) is 7.80. The molecule has 0 aliphatic rings. The van der Waals surface area contributed by atoms with E-state index in [1.54, 1.807) is 29.3 Å². The van der Waals surface area contributed by atoms with Crippen LogP contribution in [0.2, 0.25) is 0 Å². The van der Waals surface area contributed by atoms with Crippen molar-refractivity contribution in [1.29, 1.82) is 0 Å². The lowest BCUT2D eigenvalue weighted by molar-refractivity contribution is 0.0942. The quantitative estimate of drug-likeness (QED) is 0.740. The Labute approximate surface area is 130 Å². The second-order valence-electron chi connectivity index (χ2n) is 4.56. The number of fused-ring (bicyclic) bond motifs is 1. The number of nitrogens with zero attached hydrogens (tertiary/aromatic N) is 3. The molecule has 0 fully saturated rings. The van der Waals surface area contributed by atoms with Crippen LogP contribution in [0.1, 0.15) is 22.0 Å². The van der Waals surface area contributed by atoms with Gasteiger partial charge in [0.05, 0.1) is 29.5 Å². The van der Waals surface area contributed by atoms with Gasteiger partial charge in [0.2, 0.25) is 0 Å². The zero-order chi connectivity index (χ0) is 14.7. The molecule has 1 N–H and O–H groups in total. The SMILES string of the molecule is O=C(NC(CBr)c1ccccc1)c1cnn2ccncc12. The van der Waals surface area contributed by atoms with Crippen LogP contribution in [0.5, 0.6) is 0 Å². The highest BCUT2D eigenvalue weighted by Crippen LogP contribution is 2.17. The Kier molecular flexibility index (Phi) is 3.96. The minimum Gasteiger partial charge on any atom is -0.344 e. The van der Waals surface area contributed by atoms with E-state index in [2.05, 4.69) is 31.3 Å². The van der Waals surface area contributed by atoms with E-state index in [4.69, 9.17) is 0 Å². The van der Waals surface area contributed by atoms with Gasteiger partial charge in [0, 0.05) is 17.7 Å². The first-order valence-electron chi connectivity index (χ1n) is 6.48. The number of aromatic nitrogens is 3. The molecule has 0 saturated heterocycles. The first kappa shape index (κ1) is 13.8. The number of amides is 1. The third kappa shape index (κ3) is 2.80. The number of rotatable bonds is 4. The van der Waals surface area contributed by atoms with E-state index < -0.39 is 0 Å². The molecule has 6 heteroatoms. The first-order chi connectivity index (χ1) is 10.3.